The van der Waals surface area contributed by atoms with Crippen LogP contribution in [0.15, 0.2) is 42.5 Å². The van der Waals surface area contributed by atoms with Gasteiger partial charge in [-0.2, -0.15) is 0 Å². The number of nitrogens with one attached hydrogen (secondary N) is 1. The van der Waals surface area contributed by atoms with Crippen LogP contribution in [0, 0.1) is 6.92 Å². The van der Waals surface area contributed by atoms with Gasteiger partial charge in [0.15, 0.2) is 18.1 Å². The molecular weight excluding hydrogens is 346 g/mol. The highest BCUT2D eigenvalue weighted by Gasteiger charge is 2.09. The first-order valence-electron chi connectivity index (χ1n) is 8.70. The van der Waals surface area contributed by atoms with Gasteiger partial charge in [0.2, 0.25) is 0 Å². The van der Waals surface area contributed by atoms with Crippen LogP contribution in [-0.4, -0.2) is 39.2 Å². The molecule has 2 rings (SSSR count). The number of esters is 1. The lowest BCUT2D eigenvalue weighted by molar-refractivity contribution is -0.147. The lowest BCUT2D eigenvalue weighted by Gasteiger charge is -2.10. The number of carbonyl (C=O) groups excluding carboxylic acids is 2. The predicted octanol–water partition coefficient (Wildman–Crippen LogP) is 2.46. The molecule has 0 spiro atoms. The van der Waals surface area contributed by atoms with Crippen molar-refractivity contribution in [3.8, 4) is 11.5 Å². The first kappa shape index (κ1) is 20.3. The molecule has 0 aliphatic carbocycles. The van der Waals surface area contributed by atoms with Gasteiger partial charge in [-0.15, -0.1) is 0 Å². The van der Waals surface area contributed by atoms with Crippen molar-refractivity contribution in [2.45, 2.75) is 19.8 Å². The topological polar surface area (TPSA) is 73.9 Å². The van der Waals surface area contributed by atoms with Crippen LogP contribution in [0.3, 0.4) is 0 Å². The number of rotatable bonds is 9. The van der Waals surface area contributed by atoms with E-state index in [-0.39, 0.29) is 18.9 Å². The molecule has 144 valence electrons. The molecule has 0 bridgehead atoms. The van der Waals surface area contributed by atoms with E-state index in [2.05, 4.69) is 5.32 Å². The van der Waals surface area contributed by atoms with Gasteiger partial charge in [-0.3, -0.25) is 9.59 Å². The zero-order chi connectivity index (χ0) is 19.6. The monoisotopic (exact) mass is 371 g/mol. The van der Waals surface area contributed by atoms with Gasteiger partial charge in [-0.1, -0.05) is 35.9 Å². The van der Waals surface area contributed by atoms with E-state index in [1.807, 2.05) is 49.4 Å². The Hall–Kier alpha value is -3.02. The van der Waals surface area contributed by atoms with E-state index in [4.69, 9.17) is 14.2 Å². The van der Waals surface area contributed by atoms with Crippen LogP contribution in [-0.2, 0) is 27.2 Å². The minimum atomic E-state index is -0.421. The van der Waals surface area contributed by atoms with Crippen molar-refractivity contribution in [1.29, 1.82) is 0 Å². The molecule has 0 saturated heterocycles. The molecule has 0 heterocycles. The zero-order valence-corrected chi connectivity index (χ0v) is 15.9. The molecule has 6 heteroatoms. The molecule has 1 N–H and O–H groups in total. The molecule has 1 amide bonds. The van der Waals surface area contributed by atoms with Crippen molar-refractivity contribution >= 4 is 11.9 Å². The second-order valence-electron chi connectivity index (χ2n) is 6.12. The average molecular weight is 371 g/mol. The number of benzene rings is 2. The molecule has 0 aromatic heterocycles. The third kappa shape index (κ3) is 6.66. The van der Waals surface area contributed by atoms with Gasteiger partial charge >= 0.3 is 5.97 Å². The summed E-state index contributed by atoms with van der Waals surface area (Å²) in [5.41, 5.74) is 2.95. The van der Waals surface area contributed by atoms with Gasteiger partial charge in [0.05, 0.1) is 20.6 Å². The Kier molecular flexibility index (Phi) is 7.67. The van der Waals surface area contributed by atoms with E-state index < -0.39 is 5.97 Å². The minimum Gasteiger partial charge on any atom is -0.493 e. The van der Waals surface area contributed by atoms with E-state index in [0.717, 1.165) is 16.7 Å². The number of ether oxygens (including phenoxy) is 3. The van der Waals surface area contributed by atoms with E-state index in [9.17, 15) is 9.59 Å². The maximum Gasteiger partial charge on any atom is 0.310 e. The summed E-state index contributed by atoms with van der Waals surface area (Å²) in [5, 5.41) is 2.74. The fraction of sp³-hybridized carbons (Fsp3) is 0.333. The molecule has 27 heavy (non-hydrogen) atoms. The normalized spacial score (nSPS) is 10.2. The molecule has 0 aliphatic rings. The predicted molar refractivity (Wildman–Crippen MR) is 102 cm³/mol. The Labute approximate surface area is 159 Å². The molecule has 0 saturated carbocycles. The van der Waals surface area contributed by atoms with Gasteiger partial charge in [0, 0.05) is 6.54 Å². The van der Waals surface area contributed by atoms with Crippen LogP contribution >= 0.6 is 0 Å². The highest BCUT2D eigenvalue weighted by atomic mass is 16.5. The third-order valence-electron chi connectivity index (χ3n) is 3.98. The van der Waals surface area contributed by atoms with Crippen LogP contribution in [0.4, 0.5) is 0 Å². The summed E-state index contributed by atoms with van der Waals surface area (Å²) >= 11 is 0. The number of hydrogen-bond acceptors (Lipinski definition) is 5. The number of hydrogen-bond donors (Lipinski definition) is 1. The van der Waals surface area contributed by atoms with E-state index in [0.29, 0.717) is 24.5 Å². The Bertz CT molecular complexity index is 788. The summed E-state index contributed by atoms with van der Waals surface area (Å²) in [6.07, 6.45) is 0.782. The van der Waals surface area contributed by atoms with Crippen LogP contribution in [0.1, 0.15) is 16.7 Å². The van der Waals surface area contributed by atoms with Crippen LogP contribution in [0.2, 0.25) is 0 Å². The lowest BCUT2D eigenvalue weighted by atomic mass is 10.1. The second-order valence-corrected chi connectivity index (χ2v) is 6.12. The number of carbonyl (C=O) groups is 2. The first-order valence-corrected chi connectivity index (χ1v) is 8.70. The Balaban J connectivity index is 1.71. The quantitative estimate of drug-likeness (QED) is 0.686. The minimum absolute atomic E-state index is 0.153. The molecule has 6 nitrogen and oxygen atoms in total. The average Bonchev–Trinajstić information content (AvgIpc) is 2.66. The van der Waals surface area contributed by atoms with E-state index in [1.54, 1.807) is 14.2 Å². The van der Waals surface area contributed by atoms with Crippen molar-refractivity contribution in [2.75, 3.05) is 27.4 Å². The molecular formula is C21H25NO5. The van der Waals surface area contributed by atoms with Gasteiger partial charge in [-0.25, -0.2) is 0 Å². The van der Waals surface area contributed by atoms with Crippen LogP contribution in [0.25, 0.3) is 0 Å². The highest BCUT2D eigenvalue weighted by Crippen LogP contribution is 2.27. The first-order chi connectivity index (χ1) is 13.0. The fourth-order valence-corrected chi connectivity index (χ4v) is 2.62. The van der Waals surface area contributed by atoms with Crippen molar-refractivity contribution in [1.82, 2.24) is 5.32 Å². The summed E-state index contributed by atoms with van der Waals surface area (Å²) in [7, 11) is 3.16. The molecule has 0 aliphatic heterocycles. The lowest BCUT2D eigenvalue weighted by Crippen LogP contribution is -2.30. The van der Waals surface area contributed by atoms with Gasteiger partial charge in [-0.05, 0) is 36.6 Å². The van der Waals surface area contributed by atoms with Gasteiger partial charge in [0.1, 0.15) is 0 Å². The van der Waals surface area contributed by atoms with Crippen molar-refractivity contribution < 1.29 is 23.8 Å². The zero-order valence-electron chi connectivity index (χ0n) is 15.9. The summed E-state index contributed by atoms with van der Waals surface area (Å²) < 4.78 is 15.5. The van der Waals surface area contributed by atoms with Crippen LogP contribution in [0.5, 0.6) is 11.5 Å². The van der Waals surface area contributed by atoms with Gasteiger partial charge in [0.25, 0.3) is 5.91 Å². The molecule has 0 atom stereocenters. The van der Waals surface area contributed by atoms with Crippen molar-refractivity contribution in [3.05, 3.63) is 59.2 Å². The molecule has 0 unspecified atom stereocenters. The number of methoxy groups -OCH3 is 2. The second kappa shape index (κ2) is 10.2. The van der Waals surface area contributed by atoms with E-state index >= 15 is 0 Å². The largest absolute Gasteiger partial charge is 0.493 e. The summed E-state index contributed by atoms with van der Waals surface area (Å²) in [6, 6.07) is 13.2. The summed E-state index contributed by atoms with van der Waals surface area (Å²) in [6.45, 7) is 2.11. The number of amides is 1. The van der Waals surface area contributed by atoms with Crippen molar-refractivity contribution in [3.63, 3.8) is 0 Å². The standard InChI is InChI=1S/C21H25NO5/c1-15-5-4-6-17(11-15)13-21(24)27-14-20(23)22-10-9-16-7-8-18(25-2)19(12-16)26-3/h4-8,11-12H,9-10,13-14H2,1-3H3,(H,22,23). The molecule has 0 fully saturated rings. The molecule has 2 aromatic carbocycles. The third-order valence-corrected chi connectivity index (χ3v) is 3.98. The van der Waals surface area contributed by atoms with E-state index in [1.165, 1.54) is 0 Å². The summed E-state index contributed by atoms with van der Waals surface area (Å²) in [5.74, 6) is 0.556. The molecule has 0 radical (unpaired) electrons. The maximum absolute atomic E-state index is 11.8. The van der Waals surface area contributed by atoms with Crippen LogP contribution < -0.4 is 14.8 Å². The SMILES string of the molecule is COc1ccc(CCNC(=O)COC(=O)Cc2cccc(C)c2)cc1OC. The smallest absolute Gasteiger partial charge is 0.310 e. The van der Waals surface area contributed by atoms with Gasteiger partial charge < -0.3 is 19.5 Å². The number of aryl methyl sites for hydroxylation is 1. The van der Waals surface area contributed by atoms with Crippen molar-refractivity contribution in [2.24, 2.45) is 0 Å². The Morgan fingerprint density at radius 2 is 1.74 bits per heavy atom. The fourth-order valence-electron chi connectivity index (χ4n) is 2.62. The Morgan fingerprint density at radius 3 is 2.44 bits per heavy atom. The summed E-state index contributed by atoms with van der Waals surface area (Å²) in [4.78, 5) is 23.7. The molecule has 2 aromatic rings. The maximum atomic E-state index is 11.8. The Morgan fingerprint density at radius 1 is 0.963 bits per heavy atom. The highest BCUT2D eigenvalue weighted by molar-refractivity contribution is 5.81.